The van der Waals surface area contributed by atoms with Crippen LogP contribution < -0.4 is 15.4 Å². The van der Waals surface area contributed by atoms with Gasteiger partial charge in [0, 0.05) is 36.7 Å². The summed E-state index contributed by atoms with van der Waals surface area (Å²) in [6.45, 7) is 1.12. The fourth-order valence-corrected chi connectivity index (χ4v) is 4.45. The van der Waals surface area contributed by atoms with Gasteiger partial charge in [0.25, 0.3) is 5.91 Å². The molecule has 0 unspecified atom stereocenters. The summed E-state index contributed by atoms with van der Waals surface area (Å²) < 4.78 is 58.7. The van der Waals surface area contributed by atoms with Gasteiger partial charge in [0.2, 0.25) is 0 Å². The molecule has 1 saturated heterocycles. The van der Waals surface area contributed by atoms with E-state index < -0.39 is 18.0 Å². The first-order valence-electron chi connectivity index (χ1n) is 10.5. The second-order valence-electron chi connectivity index (χ2n) is 7.96. The summed E-state index contributed by atoms with van der Waals surface area (Å²) in [4.78, 5) is 13.0. The topological polar surface area (TPSA) is 68.2 Å². The number of amides is 1. The lowest BCUT2D eigenvalue weighted by Crippen LogP contribution is -2.50. The zero-order chi connectivity index (χ0) is 24.5. The van der Waals surface area contributed by atoms with Crippen LogP contribution >= 0.6 is 11.6 Å². The molecule has 180 valence electrons. The van der Waals surface area contributed by atoms with Crippen LogP contribution in [0, 0.1) is 5.82 Å². The molecule has 1 amide bonds. The van der Waals surface area contributed by atoms with Gasteiger partial charge in [-0.2, -0.15) is 5.10 Å². The van der Waals surface area contributed by atoms with Crippen molar-refractivity contribution >= 4 is 17.5 Å². The number of piperidine rings is 1. The van der Waals surface area contributed by atoms with Crippen LogP contribution in [0.2, 0.25) is 5.02 Å². The van der Waals surface area contributed by atoms with Crippen LogP contribution in [0.3, 0.4) is 0 Å². The van der Waals surface area contributed by atoms with Crippen LogP contribution in [0.25, 0.3) is 11.3 Å². The molecule has 3 aromatic rings. The van der Waals surface area contributed by atoms with Gasteiger partial charge in [-0.05, 0) is 48.9 Å². The molecule has 34 heavy (non-hydrogen) atoms. The van der Waals surface area contributed by atoms with Crippen molar-refractivity contribution in [1.82, 2.24) is 20.4 Å². The van der Waals surface area contributed by atoms with Crippen LogP contribution in [0.4, 0.5) is 17.6 Å². The van der Waals surface area contributed by atoms with Crippen LogP contribution in [0.15, 0.2) is 48.7 Å². The van der Waals surface area contributed by atoms with Crippen molar-refractivity contribution in [3.63, 3.8) is 0 Å². The molecule has 11 heteroatoms. The lowest BCUT2D eigenvalue weighted by molar-refractivity contribution is -0.274. The number of aryl methyl sites for hydroxylation is 1. The Labute approximate surface area is 197 Å². The zero-order valence-corrected chi connectivity index (χ0v) is 18.8. The maximum Gasteiger partial charge on any atom is 0.573 e. The fourth-order valence-electron chi connectivity index (χ4n) is 4.18. The highest BCUT2D eigenvalue weighted by Gasteiger charge is 2.34. The third-order valence-corrected chi connectivity index (χ3v) is 5.97. The number of halogens is 5. The van der Waals surface area contributed by atoms with E-state index in [-0.39, 0.29) is 39.6 Å². The number of nitrogens with one attached hydrogen (secondary N) is 2. The first kappa shape index (κ1) is 24.0. The monoisotopic (exact) mass is 496 g/mol. The summed E-state index contributed by atoms with van der Waals surface area (Å²) in [6.07, 6.45) is -3.02. The number of alkyl halides is 3. The Morgan fingerprint density at radius 2 is 2.06 bits per heavy atom. The summed E-state index contributed by atoms with van der Waals surface area (Å²) in [7, 11) is 1.53. The molecule has 4 rings (SSSR count). The van der Waals surface area contributed by atoms with Gasteiger partial charge in [-0.3, -0.25) is 9.48 Å². The van der Waals surface area contributed by atoms with E-state index in [0.717, 1.165) is 11.6 Å². The van der Waals surface area contributed by atoms with E-state index in [1.165, 1.54) is 42.2 Å². The maximum absolute atomic E-state index is 13.7. The number of ether oxygens (including phenoxy) is 1. The highest BCUT2D eigenvalue weighted by Crippen LogP contribution is 2.38. The number of hydrogen-bond acceptors (Lipinski definition) is 4. The van der Waals surface area contributed by atoms with Gasteiger partial charge in [0.1, 0.15) is 11.6 Å². The second kappa shape index (κ2) is 9.63. The SMILES string of the molecule is Cn1ncc(Cl)c1-c1ccc(C(=O)N[C@@H]2CNCC[C@H]2c2cccc(F)c2)cc1OC(F)(F)F. The molecule has 0 radical (unpaired) electrons. The molecular weight excluding hydrogens is 476 g/mol. The molecular formula is C23H21ClF4N4O2. The molecule has 0 bridgehead atoms. The molecule has 1 aliphatic rings. The van der Waals surface area contributed by atoms with Crippen molar-refractivity contribution in [2.24, 2.45) is 7.05 Å². The molecule has 6 nitrogen and oxygen atoms in total. The summed E-state index contributed by atoms with van der Waals surface area (Å²) >= 11 is 6.11. The first-order chi connectivity index (χ1) is 16.1. The van der Waals surface area contributed by atoms with Crippen molar-refractivity contribution in [3.05, 3.63) is 70.6 Å². The molecule has 1 fully saturated rings. The Bertz CT molecular complexity index is 1180. The number of aromatic nitrogens is 2. The van der Waals surface area contributed by atoms with Gasteiger partial charge >= 0.3 is 6.36 Å². The van der Waals surface area contributed by atoms with Crippen molar-refractivity contribution in [2.45, 2.75) is 24.7 Å². The highest BCUT2D eigenvalue weighted by atomic mass is 35.5. The quantitative estimate of drug-likeness (QED) is 0.504. The lowest BCUT2D eigenvalue weighted by Gasteiger charge is -2.33. The average Bonchev–Trinajstić information content (AvgIpc) is 3.11. The van der Waals surface area contributed by atoms with Crippen molar-refractivity contribution < 1.29 is 27.1 Å². The smallest absolute Gasteiger partial charge is 0.405 e. The van der Waals surface area contributed by atoms with Crippen LogP contribution in [0.1, 0.15) is 28.3 Å². The number of carbonyl (C=O) groups is 1. The van der Waals surface area contributed by atoms with Gasteiger partial charge in [-0.15, -0.1) is 13.2 Å². The predicted octanol–water partition coefficient (Wildman–Crippen LogP) is 4.65. The lowest BCUT2D eigenvalue weighted by atomic mass is 9.86. The molecule has 2 N–H and O–H groups in total. The largest absolute Gasteiger partial charge is 0.573 e. The van der Waals surface area contributed by atoms with E-state index in [4.69, 9.17) is 11.6 Å². The van der Waals surface area contributed by atoms with Gasteiger partial charge in [0.05, 0.1) is 16.9 Å². The Morgan fingerprint density at radius 1 is 1.26 bits per heavy atom. The van der Waals surface area contributed by atoms with Gasteiger partial charge < -0.3 is 15.4 Å². The van der Waals surface area contributed by atoms with E-state index in [2.05, 4.69) is 20.5 Å². The third kappa shape index (κ3) is 5.34. The van der Waals surface area contributed by atoms with Gasteiger partial charge in [0.15, 0.2) is 0 Å². The Balaban J connectivity index is 1.63. The molecule has 0 saturated carbocycles. The summed E-state index contributed by atoms with van der Waals surface area (Å²) in [6, 6.07) is 9.53. The number of benzene rings is 2. The number of hydrogen-bond donors (Lipinski definition) is 2. The molecule has 1 aliphatic heterocycles. The Morgan fingerprint density at radius 3 is 2.74 bits per heavy atom. The summed E-state index contributed by atoms with van der Waals surface area (Å²) in [5.41, 5.74) is 0.977. The molecule has 2 heterocycles. The zero-order valence-electron chi connectivity index (χ0n) is 18.0. The fraction of sp³-hybridized carbons (Fsp3) is 0.304. The highest BCUT2D eigenvalue weighted by molar-refractivity contribution is 6.33. The average molecular weight is 497 g/mol. The van der Waals surface area contributed by atoms with Crippen molar-refractivity contribution in [1.29, 1.82) is 0 Å². The Kier molecular flexibility index (Phi) is 6.81. The van der Waals surface area contributed by atoms with Crippen molar-refractivity contribution in [2.75, 3.05) is 13.1 Å². The number of carbonyl (C=O) groups excluding carboxylic acids is 1. The second-order valence-corrected chi connectivity index (χ2v) is 8.36. The van der Waals surface area contributed by atoms with Crippen molar-refractivity contribution in [3.8, 4) is 17.0 Å². The van der Waals surface area contributed by atoms with E-state index in [1.54, 1.807) is 12.1 Å². The molecule has 2 atom stereocenters. The van der Waals surface area contributed by atoms with Gasteiger partial charge in [-0.25, -0.2) is 4.39 Å². The van der Waals surface area contributed by atoms with Crippen LogP contribution in [-0.4, -0.2) is 41.2 Å². The molecule has 2 aromatic carbocycles. The number of nitrogens with zero attached hydrogens (tertiary/aromatic N) is 2. The maximum atomic E-state index is 13.7. The van der Waals surface area contributed by atoms with E-state index in [9.17, 15) is 22.4 Å². The third-order valence-electron chi connectivity index (χ3n) is 5.69. The van der Waals surface area contributed by atoms with E-state index in [0.29, 0.717) is 19.5 Å². The summed E-state index contributed by atoms with van der Waals surface area (Å²) in [5, 5.41) is 10.1. The minimum Gasteiger partial charge on any atom is -0.405 e. The molecule has 0 aliphatic carbocycles. The molecule has 0 spiro atoms. The number of rotatable bonds is 5. The Hall–Kier alpha value is -3.11. The predicted molar refractivity (Wildman–Crippen MR) is 118 cm³/mol. The molecule has 1 aromatic heterocycles. The van der Waals surface area contributed by atoms with E-state index >= 15 is 0 Å². The van der Waals surface area contributed by atoms with Crippen LogP contribution in [-0.2, 0) is 7.05 Å². The standard InChI is InChI=1S/C23H21ClF4N4O2/c1-32-21(18(24)11-30-32)17-6-5-14(10-20(17)34-23(26,27)28)22(33)31-19-12-29-8-7-16(19)13-3-2-4-15(25)9-13/h2-6,9-11,16,19,29H,7-8,12H2,1H3,(H,31,33)/t16-,19+/m0/s1. The van der Waals surface area contributed by atoms with Gasteiger partial charge in [-0.1, -0.05) is 23.7 Å². The minimum absolute atomic E-state index is 0.0233. The van der Waals surface area contributed by atoms with Crippen LogP contribution in [0.5, 0.6) is 5.75 Å². The first-order valence-corrected chi connectivity index (χ1v) is 10.8. The van der Waals surface area contributed by atoms with E-state index in [1.807, 2.05) is 0 Å². The minimum atomic E-state index is -4.98. The normalized spacial score (nSPS) is 18.5. The summed E-state index contributed by atoms with van der Waals surface area (Å²) in [5.74, 6) is -1.68.